The standard InChI is InChI=1S/C21H18ClN3O2S/c1-13-7-9-15(10-8-13)25-20(27)18(11-14-5-3-4-6-17(14)22)28-21(25)16(12-23)19(26)24-2/h3-10,18H,11H2,1-2H3,(H,24,26)/b21-16-/t18-/m1/s1. The minimum Gasteiger partial charge on any atom is -0.354 e. The topological polar surface area (TPSA) is 73.2 Å². The molecule has 3 rings (SSSR count). The Morgan fingerprint density at radius 2 is 1.93 bits per heavy atom. The second-order valence-electron chi connectivity index (χ2n) is 6.28. The van der Waals surface area contributed by atoms with E-state index >= 15 is 0 Å². The molecule has 0 bridgehead atoms. The molecule has 1 N–H and O–H groups in total. The first kappa shape index (κ1) is 20.0. The summed E-state index contributed by atoms with van der Waals surface area (Å²) in [6.07, 6.45) is 0.404. The van der Waals surface area contributed by atoms with Crippen LogP contribution in [0.15, 0.2) is 59.1 Å². The van der Waals surface area contributed by atoms with Gasteiger partial charge in [0.1, 0.15) is 16.7 Å². The molecule has 1 saturated heterocycles. The van der Waals surface area contributed by atoms with Crippen LogP contribution in [0.4, 0.5) is 5.69 Å². The van der Waals surface area contributed by atoms with Crippen molar-refractivity contribution < 1.29 is 9.59 Å². The Labute approximate surface area is 173 Å². The molecule has 142 valence electrons. The van der Waals surface area contributed by atoms with Gasteiger partial charge in [0.25, 0.3) is 5.91 Å². The Morgan fingerprint density at radius 1 is 1.25 bits per heavy atom. The lowest BCUT2D eigenvalue weighted by atomic mass is 10.1. The summed E-state index contributed by atoms with van der Waals surface area (Å²) < 4.78 is 0. The molecule has 1 fully saturated rings. The molecule has 1 heterocycles. The lowest BCUT2D eigenvalue weighted by molar-refractivity contribution is -0.117. The molecular weight excluding hydrogens is 394 g/mol. The van der Waals surface area contributed by atoms with Crippen molar-refractivity contribution in [2.75, 3.05) is 11.9 Å². The number of hydrogen-bond donors (Lipinski definition) is 1. The molecule has 0 aliphatic carbocycles. The van der Waals surface area contributed by atoms with Crippen molar-refractivity contribution in [1.82, 2.24) is 5.32 Å². The van der Waals surface area contributed by atoms with Gasteiger partial charge in [-0.05, 0) is 37.1 Å². The van der Waals surface area contributed by atoms with E-state index in [1.54, 1.807) is 6.07 Å². The Balaban J connectivity index is 2.06. The Kier molecular flexibility index (Phi) is 6.08. The van der Waals surface area contributed by atoms with Crippen molar-refractivity contribution in [3.63, 3.8) is 0 Å². The van der Waals surface area contributed by atoms with E-state index in [9.17, 15) is 14.9 Å². The van der Waals surface area contributed by atoms with E-state index in [1.807, 2.05) is 55.5 Å². The SMILES string of the molecule is CNC(=O)/C(C#N)=C1\S[C@H](Cc2ccccc2Cl)C(=O)N1c1ccc(C)cc1. The van der Waals surface area contributed by atoms with Gasteiger partial charge >= 0.3 is 0 Å². The minimum atomic E-state index is -0.520. The third-order valence-electron chi connectivity index (χ3n) is 4.39. The highest BCUT2D eigenvalue weighted by molar-refractivity contribution is 8.05. The third kappa shape index (κ3) is 3.91. The first-order chi connectivity index (χ1) is 13.5. The number of nitrogens with one attached hydrogen (secondary N) is 1. The zero-order valence-electron chi connectivity index (χ0n) is 15.4. The van der Waals surface area contributed by atoms with E-state index < -0.39 is 11.2 Å². The van der Waals surface area contributed by atoms with Gasteiger partial charge in [0.15, 0.2) is 0 Å². The van der Waals surface area contributed by atoms with Crippen LogP contribution in [-0.4, -0.2) is 24.1 Å². The Hall–Kier alpha value is -2.75. The molecule has 0 unspecified atom stereocenters. The van der Waals surface area contributed by atoms with Crippen molar-refractivity contribution in [1.29, 1.82) is 5.26 Å². The van der Waals surface area contributed by atoms with Crippen LogP contribution in [0.5, 0.6) is 0 Å². The number of carbonyl (C=O) groups excluding carboxylic acids is 2. The second-order valence-corrected chi connectivity index (χ2v) is 7.88. The van der Waals surface area contributed by atoms with Gasteiger partial charge in [0.2, 0.25) is 5.91 Å². The number of thioether (sulfide) groups is 1. The molecule has 0 aromatic heterocycles. The lowest BCUT2D eigenvalue weighted by Gasteiger charge is -2.18. The van der Waals surface area contributed by atoms with E-state index in [0.29, 0.717) is 22.2 Å². The van der Waals surface area contributed by atoms with E-state index in [-0.39, 0.29) is 11.5 Å². The number of amides is 2. The van der Waals surface area contributed by atoms with Gasteiger partial charge in [-0.1, -0.05) is 59.3 Å². The number of likely N-dealkylation sites (N-methyl/N-ethyl adjacent to an activating group) is 1. The van der Waals surface area contributed by atoms with E-state index in [2.05, 4.69) is 5.32 Å². The van der Waals surface area contributed by atoms with Crippen LogP contribution in [0.3, 0.4) is 0 Å². The number of hydrogen-bond acceptors (Lipinski definition) is 4. The number of anilines is 1. The van der Waals surface area contributed by atoms with Crippen molar-refractivity contribution >= 4 is 40.9 Å². The first-order valence-electron chi connectivity index (χ1n) is 8.63. The van der Waals surface area contributed by atoms with Crippen LogP contribution in [0.1, 0.15) is 11.1 Å². The summed E-state index contributed by atoms with van der Waals surface area (Å²) in [6, 6.07) is 16.7. The van der Waals surface area contributed by atoms with E-state index in [0.717, 1.165) is 11.1 Å². The van der Waals surface area contributed by atoms with Gasteiger partial charge in [0.05, 0.1) is 5.25 Å². The van der Waals surface area contributed by atoms with Gasteiger partial charge in [-0.3, -0.25) is 14.5 Å². The summed E-state index contributed by atoms with van der Waals surface area (Å²) in [5.74, 6) is -0.700. The summed E-state index contributed by atoms with van der Waals surface area (Å²) in [6.45, 7) is 1.95. The molecule has 0 spiro atoms. The van der Waals surface area contributed by atoms with Crippen molar-refractivity contribution in [3.05, 3.63) is 75.3 Å². The van der Waals surface area contributed by atoms with Gasteiger partial charge < -0.3 is 5.32 Å². The number of benzene rings is 2. The number of halogens is 1. The molecule has 0 saturated carbocycles. The first-order valence-corrected chi connectivity index (χ1v) is 9.89. The van der Waals surface area contributed by atoms with Crippen molar-refractivity contribution in [2.24, 2.45) is 0 Å². The second kappa shape index (κ2) is 8.51. The van der Waals surface area contributed by atoms with Crippen LogP contribution in [-0.2, 0) is 16.0 Å². The van der Waals surface area contributed by atoms with Gasteiger partial charge in [-0.25, -0.2) is 0 Å². The lowest BCUT2D eigenvalue weighted by Crippen LogP contribution is -2.31. The zero-order valence-corrected chi connectivity index (χ0v) is 17.0. The molecule has 1 aliphatic heterocycles. The monoisotopic (exact) mass is 411 g/mol. The van der Waals surface area contributed by atoms with Crippen LogP contribution in [0, 0.1) is 18.3 Å². The predicted molar refractivity (Wildman–Crippen MR) is 112 cm³/mol. The molecule has 1 atom stereocenters. The molecule has 2 amide bonds. The maximum atomic E-state index is 13.2. The Morgan fingerprint density at radius 3 is 2.54 bits per heavy atom. The van der Waals surface area contributed by atoms with Crippen molar-refractivity contribution in [2.45, 2.75) is 18.6 Å². The number of aryl methyl sites for hydroxylation is 1. The fourth-order valence-electron chi connectivity index (χ4n) is 2.90. The van der Waals surface area contributed by atoms with E-state index in [4.69, 9.17) is 11.6 Å². The average molecular weight is 412 g/mol. The van der Waals surface area contributed by atoms with Gasteiger partial charge in [-0.2, -0.15) is 5.26 Å². The molecule has 5 nitrogen and oxygen atoms in total. The maximum Gasteiger partial charge on any atom is 0.264 e. The zero-order chi connectivity index (χ0) is 20.3. The van der Waals surface area contributed by atoms with Crippen LogP contribution in [0.25, 0.3) is 0 Å². The molecule has 7 heteroatoms. The summed E-state index contributed by atoms with van der Waals surface area (Å²) in [5.41, 5.74) is 2.44. The summed E-state index contributed by atoms with van der Waals surface area (Å²) >= 11 is 7.48. The number of nitriles is 1. The minimum absolute atomic E-state index is 0.0805. The summed E-state index contributed by atoms with van der Waals surface area (Å²) in [7, 11) is 1.46. The largest absolute Gasteiger partial charge is 0.354 e. The summed E-state index contributed by atoms with van der Waals surface area (Å²) in [5, 5.41) is 12.5. The quantitative estimate of drug-likeness (QED) is 0.613. The normalized spacial score (nSPS) is 18.0. The highest BCUT2D eigenvalue weighted by Crippen LogP contribution is 2.42. The maximum absolute atomic E-state index is 13.2. The van der Waals surface area contributed by atoms with Crippen molar-refractivity contribution in [3.8, 4) is 6.07 Å². The van der Waals surface area contributed by atoms with Crippen LogP contribution < -0.4 is 10.2 Å². The fourth-order valence-corrected chi connectivity index (χ4v) is 4.41. The Bertz CT molecular complexity index is 995. The fraction of sp³-hybridized carbons (Fsp3) is 0.190. The highest BCUT2D eigenvalue weighted by atomic mass is 35.5. The molecule has 1 aliphatic rings. The van der Waals surface area contributed by atoms with Crippen LogP contribution >= 0.6 is 23.4 Å². The molecule has 2 aromatic carbocycles. The molecule has 0 radical (unpaired) electrons. The molecule has 28 heavy (non-hydrogen) atoms. The predicted octanol–water partition coefficient (Wildman–Crippen LogP) is 3.82. The van der Waals surface area contributed by atoms with Gasteiger partial charge in [0, 0.05) is 17.8 Å². The van der Waals surface area contributed by atoms with E-state index in [1.165, 1.54) is 23.7 Å². The molecule has 2 aromatic rings. The van der Waals surface area contributed by atoms with Gasteiger partial charge in [-0.15, -0.1) is 0 Å². The van der Waals surface area contributed by atoms with Crippen LogP contribution in [0.2, 0.25) is 5.02 Å². The smallest absolute Gasteiger partial charge is 0.264 e. The average Bonchev–Trinajstić information content (AvgIpc) is 3.01. The number of rotatable bonds is 4. The number of nitrogens with zero attached hydrogens (tertiary/aromatic N) is 2. The number of carbonyl (C=O) groups is 2. The third-order valence-corrected chi connectivity index (χ3v) is 6.02. The molecular formula is C21H18ClN3O2S. The summed E-state index contributed by atoms with van der Waals surface area (Å²) in [4.78, 5) is 26.9. The highest BCUT2D eigenvalue weighted by Gasteiger charge is 2.40.